The topological polar surface area (TPSA) is 92.4 Å². The Labute approximate surface area is 106 Å². The number of rotatable bonds is 5. The van der Waals surface area contributed by atoms with E-state index in [4.69, 9.17) is 10.8 Å². The van der Waals surface area contributed by atoms with Crippen molar-refractivity contribution in [2.24, 2.45) is 5.73 Å². The molecule has 1 aromatic carbocycles. The first-order valence-corrected chi connectivity index (χ1v) is 5.77. The van der Waals surface area contributed by atoms with Gasteiger partial charge in [-0.2, -0.15) is 0 Å². The number of anilines is 1. The molecule has 0 aliphatic rings. The summed E-state index contributed by atoms with van der Waals surface area (Å²) in [5.41, 5.74) is 5.92. The largest absolute Gasteiger partial charge is 0.481 e. The van der Waals surface area contributed by atoms with Crippen molar-refractivity contribution in [3.05, 3.63) is 29.8 Å². The molecule has 0 saturated heterocycles. The highest BCUT2D eigenvalue weighted by molar-refractivity contribution is 5.98. The number of carbonyl (C=O) groups excluding carboxylic acids is 1. The summed E-state index contributed by atoms with van der Waals surface area (Å²) >= 11 is 0. The Morgan fingerprint density at radius 1 is 1.39 bits per heavy atom. The van der Waals surface area contributed by atoms with Gasteiger partial charge in [-0.05, 0) is 25.0 Å². The van der Waals surface area contributed by atoms with Gasteiger partial charge in [0.2, 0.25) is 5.91 Å². The van der Waals surface area contributed by atoms with Crippen molar-refractivity contribution in [2.75, 3.05) is 5.32 Å². The molecular formula is C13H18N2O3. The molecule has 0 aromatic heterocycles. The molecule has 0 bridgehead atoms. The van der Waals surface area contributed by atoms with E-state index in [-0.39, 0.29) is 12.3 Å². The fourth-order valence-electron chi connectivity index (χ4n) is 1.38. The molecule has 4 N–H and O–H groups in total. The molecule has 5 heteroatoms. The van der Waals surface area contributed by atoms with Crippen LogP contribution in [-0.2, 0) is 16.0 Å². The summed E-state index contributed by atoms with van der Waals surface area (Å²) < 4.78 is 0. The van der Waals surface area contributed by atoms with Crippen molar-refractivity contribution in [3.63, 3.8) is 0 Å². The summed E-state index contributed by atoms with van der Waals surface area (Å²) in [5.74, 6) is -1.26. The van der Waals surface area contributed by atoms with Gasteiger partial charge in [0.25, 0.3) is 0 Å². The van der Waals surface area contributed by atoms with Crippen LogP contribution in [0.4, 0.5) is 5.69 Å². The first kappa shape index (κ1) is 14.2. The smallest absolute Gasteiger partial charge is 0.307 e. The number of hydrogen-bond donors (Lipinski definition) is 3. The Morgan fingerprint density at radius 2 is 2.00 bits per heavy atom. The van der Waals surface area contributed by atoms with Gasteiger partial charge in [-0.3, -0.25) is 9.59 Å². The predicted molar refractivity (Wildman–Crippen MR) is 69.3 cm³/mol. The second-order valence-electron chi connectivity index (χ2n) is 4.45. The van der Waals surface area contributed by atoms with Crippen molar-refractivity contribution < 1.29 is 14.7 Å². The van der Waals surface area contributed by atoms with Crippen LogP contribution in [0.15, 0.2) is 24.3 Å². The van der Waals surface area contributed by atoms with Crippen LogP contribution in [0.2, 0.25) is 0 Å². The maximum absolute atomic E-state index is 11.9. The Hall–Kier alpha value is -1.88. The lowest BCUT2D eigenvalue weighted by Crippen LogP contribution is -2.47. The first-order valence-electron chi connectivity index (χ1n) is 5.77. The second kappa shape index (κ2) is 5.64. The van der Waals surface area contributed by atoms with Crippen molar-refractivity contribution in [2.45, 2.75) is 32.2 Å². The Morgan fingerprint density at radius 3 is 2.56 bits per heavy atom. The highest BCUT2D eigenvalue weighted by Gasteiger charge is 2.26. The molecule has 0 aliphatic carbocycles. The minimum atomic E-state index is -0.962. The normalized spacial score (nSPS) is 13.7. The lowest BCUT2D eigenvalue weighted by Gasteiger charge is -2.22. The van der Waals surface area contributed by atoms with Crippen molar-refractivity contribution in [1.29, 1.82) is 0 Å². The quantitative estimate of drug-likeness (QED) is 0.736. The van der Waals surface area contributed by atoms with Crippen LogP contribution in [-0.4, -0.2) is 22.5 Å². The van der Waals surface area contributed by atoms with Gasteiger partial charge in [0.1, 0.15) is 0 Å². The van der Waals surface area contributed by atoms with E-state index in [1.54, 1.807) is 31.2 Å². The molecule has 0 spiro atoms. The fraction of sp³-hybridized carbons (Fsp3) is 0.385. The third-order valence-corrected chi connectivity index (χ3v) is 2.86. The fourth-order valence-corrected chi connectivity index (χ4v) is 1.38. The van der Waals surface area contributed by atoms with Gasteiger partial charge in [-0.15, -0.1) is 0 Å². The molecule has 5 nitrogen and oxygen atoms in total. The zero-order chi connectivity index (χ0) is 13.8. The van der Waals surface area contributed by atoms with Crippen LogP contribution >= 0.6 is 0 Å². The molecule has 98 valence electrons. The maximum atomic E-state index is 11.9. The second-order valence-corrected chi connectivity index (χ2v) is 4.45. The molecule has 0 aliphatic heterocycles. The first-order chi connectivity index (χ1) is 8.36. The zero-order valence-corrected chi connectivity index (χ0v) is 10.6. The molecule has 1 aromatic rings. The number of nitrogens with one attached hydrogen (secondary N) is 1. The van der Waals surface area contributed by atoms with E-state index in [1.165, 1.54) is 0 Å². The summed E-state index contributed by atoms with van der Waals surface area (Å²) in [5, 5.41) is 11.5. The maximum Gasteiger partial charge on any atom is 0.307 e. The number of para-hydroxylation sites is 1. The average Bonchev–Trinajstić information content (AvgIpc) is 2.31. The van der Waals surface area contributed by atoms with Crippen LogP contribution in [0.3, 0.4) is 0 Å². The SMILES string of the molecule is CCC(C)(N)C(=O)Nc1ccccc1CC(=O)O. The summed E-state index contributed by atoms with van der Waals surface area (Å²) in [4.78, 5) is 22.6. The van der Waals surface area contributed by atoms with Crippen LogP contribution < -0.4 is 11.1 Å². The third-order valence-electron chi connectivity index (χ3n) is 2.86. The van der Waals surface area contributed by atoms with Gasteiger partial charge < -0.3 is 16.2 Å². The van der Waals surface area contributed by atoms with E-state index in [0.29, 0.717) is 17.7 Å². The molecule has 0 radical (unpaired) electrons. The monoisotopic (exact) mass is 250 g/mol. The van der Waals surface area contributed by atoms with E-state index in [2.05, 4.69) is 5.32 Å². The molecule has 1 rings (SSSR count). The van der Waals surface area contributed by atoms with Crippen LogP contribution in [0.1, 0.15) is 25.8 Å². The van der Waals surface area contributed by atoms with Crippen molar-refractivity contribution in [1.82, 2.24) is 0 Å². The lowest BCUT2D eigenvalue weighted by molar-refractivity contribution is -0.136. The third kappa shape index (κ3) is 3.56. The predicted octanol–water partition coefficient (Wildman–Crippen LogP) is 1.38. The van der Waals surface area contributed by atoms with E-state index < -0.39 is 11.5 Å². The van der Waals surface area contributed by atoms with Crippen LogP contribution in [0.5, 0.6) is 0 Å². The van der Waals surface area contributed by atoms with Crippen molar-refractivity contribution in [3.8, 4) is 0 Å². The summed E-state index contributed by atoms with van der Waals surface area (Å²) in [7, 11) is 0. The minimum Gasteiger partial charge on any atom is -0.481 e. The highest BCUT2D eigenvalue weighted by atomic mass is 16.4. The summed E-state index contributed by atoms with van der Waals surface area (Å²) in [6.07, 6.45) is 0.365. The van der Waals surface area contributed by atoms with Gasteiger partial charge in [0.05, 0.1) is 12.0 Å². The molecule has 0 heterocycles. The van der Waals surface area contributed by atoms with E-state index in [0.717, 1.165) is 0 Å². The highest BCUT2D eigenvalue weighted by Crippen LogP contribution is 2.18. The number of nitrogens with two attached hydrogens (primary N) is 1. The molecule has 0 fully saturated rings. The lowest BCUT2D eigenvalue weighted by atomic mass is 9.99. The Balaban J connectivity index is 2.91. The number of carbonyl (C=O) groups is 2. The molecule has 1 atom stereocenters. The van der Waals surface area contributed by atoms with E-state index in [9.17, 15) is 9.59 Å². The molecular weight excluding hydrogens is 232 g/mol. The van der Waals surface area contributed by atoms with Gasteiger partial charge >= 0.3 is 5.97 Å². The number of amides is 1. The number of hydrogen-bond acceptors (Lipinski definition) is 3. The summed E-state index contributed by atoms with van der Waals surface area (Å²) in [6.45, 7) is 3.46. The zero-order valence-electron chi connectivity index (χ0n) is 10.6. The number of benzene rings is 1. The number of carboxylic acids is 1. The molecule has 18 heavy (non-hydrogen) atoms. The number of aliphatic carboxylic acids is 1. The van der Waals surface area contributed by atoms with Gasteiger partial charge in [-0.25, -0.2) is 0 Å². The van der Waals surface area contributed by atoms with Crippen LogP contribution in [0, 0.1) is 0 Å². The average molecular weight is 250 g/mol. The standard InChI is InChI=1S/C13H18N2O3/c1-3-13(2,14)12(18)15-10-7-5-4-6-9(10)8-11(16)17/h4-7H,3,8,14H2,1-2H3,(H,15,18)(H,16,17). The van der Waals surface area contributed by atoms with Gasteiger partial charge in [0.15, 0.2) is 0 Å². The Kier molecular flexibility index (Phi) is 4.44. The molecule has 0 saturated carbocycles. The van der Waals surface area contributed by atoms with Crippen molar-refractivity contribution >= 4 is 17.6 Å². The van der Waals surface area contributed by atoms with Gasteiger partial charge in [-0.1, -0.05) is 25.1 Å². The Bertz CT molecular complexity index is 455. The van der Waals surface area contributed by atoms with Crippen LogP contribution in [0.25, 0.3) is 0 Å². The van der Waals surface area contributed by atoms with E-state index >= 15 is 0 Å². The van der Waals surface area contributed by atoms with E-state index in [1.807, 2.05) is 6.92 Å². The minimum absolute atomic E-state index is 0.135. The molecule has 1 unspecified atom stereocenters. The number of carboxylic acid groups (broad SMARTS) is 1. The van der Waals surface area contributed by atoms with Gasteiger partial charge in [0, 0.05) is 5.69 Å². The summed E-state index contributed by atoms with van der Waals surface area (Å²) in [6, 6.07) is 6.81. The molecule has 1 amide bonds.